The smallest absolute Gasteiger partial charge is 0.213 e. The molecule has 0 atom stereocenters. The van der Waals surface area contributed by atoms with Gasteiger partial charge >= 0.3 is 0 Å². The molecule has 214 valence electrons. The van der Waals surface area contributed by atoms with Gasteiger partial charge in [-0.1, -0.05) is 76.1 Å². The lowest BCUT2D eigenvalue weighted by atomic mass is 10.1. The van der Waals surface area contributed by atoms with E-state index in [4.69, 9.17) is 0 Å². The van der Waals surface area contributed by atoms with E-state index in [-0.39, 0.29) is 48.0 Å². The zero-order chi connectivity index (χ0) is 26.1. The van der Waals surface area contributed by atoms with Gasteiger partial charge in [-0.2, -0.15) is 4.57 Å². The van der Waals surface area contributed by atoms with E-state index in [9.17, 15) is 0 Å². The highest BCUT2D eigenvalue weighted by atomic mass is 127. The number of aryl methyl sites for hydroxylation is 1. The first-order valence-electron chi connectivity index (χ1n) is 14.6. The fourth-order valence-corrected chi connectivity index (χ4v) is 12.0. The van der Waals surface area contributed by atoms with Crippen molar-refractivity contribution in [1.29, 1.82) is 0 Å². The molecule has 0 unspecified atom stereocenters. The molecule has 6 heteroatoms. The van der Waals surface area contributed by atoms with Crippen LogP contribution in [0.1, 0.15) is 71.3 Å². The van der Waals surface area contributed by atoms with Crippen molar-refractivity contribution >= 4 is 41.7 Å². The number of anilines is 1. The highest BCUT2D eigenvalue weighted by molar-refractivity contribution is 8.03. The van der Waals surface area contributed by atoms with Crippen molar-refractivity contribution in [3.63, 3.8) is 0 Å². The van der Waals surface area contributed by atoms with Gasteiger partial charge in [-0.15, -0.1) is 0 Å². The monoisotopic (exact) mass is 788 g/mol. The Labute approximate surface area is 277 Å². The number of rotatable bonds is 14. The van der Waals surface area contributed by atoms with Crippen LogP contribution in [-0.4, -0.2) is 31.7 Å². The molecule has 1 aliphatic heterocycles. The Morgan fingerprint density at radius 3 is 2.00 bits per heavy atom. The third-order valence-electron chi connectivity index (χ3n) is 8.00. The molecule has 0 fully saturated rings. The van der Waals surface area contributed by atoms with Crippen LogP contribution < -0.4 is 57.4 Å². The van der Waals surface area contributed by atoms with Crippen molar-refractivity contribution in [2.75, 3.05) is 36.6 Å². The zero-order valence-corrected chi connectivity index (χ0v) is 30.4. The number of hydrogen-bond donors (Lipinski definition) is 0. The molecule has 39 heavy (non-hydrogen) atoms. The lowest BCUT2D eigenvalue weighted by Gasteiger charge is -2.27. The minimum Gasteiger partial charge on any atom is -1.00 e. The Morgan fingerprint density at radius 2 is 1.36 bits per heavy atom. The highest BCUT2D eigenvalue weighted by Gasteiger charge is 2.35. The summed E-state index contributed by atoms with van der Waals surface area (Å²) in [6.45, 7) is 8.23. The van der Waals surface area contributed by atoms with Crippen LogP contribution >= 0.6 is 19.0 Å². The standard InChI is InChI=1S/C33H47N2PS.2HI/c1-5-8-23-36(24-9-6-2,25-10-7-3)26-15-21-35-22-20-28(29-16-11-12-17-30(29)35)27-33-34(4)31-18-13-14-19-32(31)37-33;;/h11-14,16-20,22,27H,5-10,15,21,23-26H2,1-4H3;2*1H/q+2;;/p-2. The van der Waals surface area contributed by atoms with Crippen molar-refractivity contribution in [2.45, 2.75) is 77.2 Å². The first kappa shape index (κ1) is 34.8. The van der Waals surface area contributed by atoms with E-state index >= 15 is 0 Å². The van der Waals surface area contributed by atoms with Crippen molar-refractivity contribution in [1.82, 2.24) is 0 Å². The summed E-state index contributed by atoms with van der Waals surface area (Å²) >= 11 is 1.87. The lowest BCUT2D eigenvalue weighted by molar-refractivity contribution is -0.671. The van der Waals surface area contributed by atoms with Crippen LogP contribution in [0.3, 0.4) is 0 Å². The Bertz CT molecular complexity index is 1180. The summed E-state index contributed by atoms with van der Waals surface area (Å²) in [6, 6.07) is 20.0. The lowest BCUT2D eigenvalue weighted by Crippen LogP contribution is -3.00. The van der Waals surface area contributed by atoms with Gasteiger partial charge in [0, 0.05) is 37.8 Å². The number of pyridine rings is 1. The summed E-state index contributed by atoms with van der Waals surface area (Å²) in [6.07, 6.45) is 20.4. The molecule has 0 aliphatic carbocycles. The second kappa shape index (κ2) is 17.6. The average Bonchev–Trinajstić information content (AvgIpc) is 3.25. The molecule has 0 spiro atoms. The predicted octanol–water partition coefficient (Wildman–Crippen LogP) is 3.48. The van der Waals surface area contributed by atoms with Crippen molar-refractivity contribution in [3.05, 3.63) is 71.4 Å². The average molecular weight is 789 g/mol. The van der Waals surface area contributed by atoms with Crippen molar-refractivity contribution in [2.24, 2.45) is 0 Å². The topological polar surface area (TPSA) is 7.12 Å². The van der Waals surface area contributed by atoms with Crippen LogP contribution in [0.15, 0.2) is 70.7 Å². The van der Waals surface area contributed by atoms with E-state index < -0.39 is 7.26 Å². The number of hydrogen-bond acceptors (Lipinski definition) is 2. The fraction of sp³-hybridized carbons (Fsp3) is 0.485. The second-order valence-corrected chi connectivity index (χ2v) is 16.3. The molecule has 0 amide bonds. The summed E-state index contributed by atoms with van der Waals surface area (Å²) in [5, 5.41) is 2.65. The quantitative estimate of drug-likeness (QED) is 0.141. The number of fused-ring (bicyclic) bond motifs is 2. The summed E-state index contributed by atoms with van der Waals surface area (Å²) in [5.41, 5.74) is 3.97. The summed E-state index contributed by atoms with van der Waals surface area (Å²) in [4.78, 5) is 3.66. The summed E-state index contributed by atoms with van der Waals surface area (Å²) < 4.78 is 2.52. The number of para-hydroxylation sites is 2. The number of unbranched alkanes of at least 4 members (excludes halogenated alkanes) is 3. The maximum absolute atomic E-state index is 2.52. The Kier molecular flexibility index (Phi) is 15.7. The number of thioether (sulfide) groups is 1. The van der Waals surface area contributed by atoms with E-state index in [1.54, 1.807) is 0 Å². The maximum atomic E-state index is 2.52. The Morgan fingerprint density at radius 1 is 0.769 bits per heavy atom. The van der Waals surface area contributed by atoms with E-state index in [0.717, 1.165) is 6.54 Å². The molecule has 0 radical (unpaired) electrons. The minimum absolute atomic E-state index is 0. The summed E-state index contributed by atoms with van der Waals surface area (Å²) in [7, 11) is 1.34. The molecule has 3 aromatic rings. The van der Waals surface area contributed by atoms with Crippen molar-refractivity contribution in [3.8, 4) is 0 Å². The largest absolute Gasteiger partial charge is 1.00 e. The molecule has 0 saturated carbocycles. The van der Waals surface area contributed by atoms with Gasteiger partial charge < -0.3 is 52.9 Å². The zero-order valence-electron chi connectivity index (χ0n) is 24.3. The number of halogens is 2. The predicted molar refractivity (Wildman–Crippen MR) is 169 cm³/mol. The molecule has 1 aromatic heterocycles. The molecule has 1 aliphatic rings. The van der Waals surface area contributed by atoms with Crippen LogP contribution in [-0.2, 0) is 6.54 Å². The second-order valence-electron chi connectivity index (χ2n) is 10.7. The van der Waals surface area contributed by atoms with E-state index in [1.165, 1.54) is 102 Å². The molecule has 4 rings (SSSR count). The molecule has 2 aromatic carbocycles. The Hall–Kier alpha value is -0.370. The first-order valence-corrected chi connectivity index (χ1v) is 17.9. The van der Waals surface area contributed by atoms with Crippen LogP contribution in [0, 0.1) is 0 Å². The molecule has 0 N–H and O–H groups in total. The molecule has 2 heterocycles. The first-order chi connectivity index (χ1) is 18.1. The third kappa shape index (κ3) is 9.06. The summed E-state index contributed by atoms with van der Waals surface area (Å²) in [5.74, 6) is 0. The van der Waals surface area contributed by atoms with Gasteiger partial charge in [-0.05, 0) is 49.1 Å². The van der Waals surface area contributed by atoms with Gasteiger partial charge in [-0.25, -0.2) is 0 Å². The maximum Gasteiger partial charge on any atom is 0.213 e. The number of nitrogens with zero attached hydrogens (tertiary/aromatic N) is 2. The van der Waals surface area contributed by atoms with Crippen molar-refractivity contribution < 1.29 is 52.5 Å². The third-order valence-corrected chi connectivity index (χ3v) is 14.2. The molecule has 0 bridgehead atoms. The van der Waals surface area contributed by atoms with E-state index in [1.807, 2.05) is 11.8 Å². The van der Waals surface area contributed by atoms with Gasteiger partial charge in [0.2, 0.25) is 5.52 Å². The van der Waals surface area contributed by atoms with E-state index in [2.05, 4.69) is 104 Å². The molecular formula is C33H47I2N2PS. The van der Waals surface area contributed by atoms with Crippen LogP contribution in [0.25, 0.3) is 17.0 Å². The SMILES string of the molecule is CCCC[P+](CCCC)(CCCC)CCC[n+]1ccc(/C=C2\Sc3ccccc3N2C)c2ccccc21.[I-].[I-]. The number of benzene rings is 2. The molecule has 2 nitrogen and oxygen atoms in total. The Balaban J connectivity index is 0.00000267. The van der Waals surface area contributed by atoms with Gasteiger partial charge in [0.1, 0.15) is 0 Å². The highest BCUT2D eigenvalue weighted by Crippen LogP contribution is 2.61. The number of aromatic nitrogens is 1. The molecule has 0 saturated heterocycles. The fourth-order valence-electron chi connectivity index (χ4n) is 5.74. The minimum atomic E-state index is -0.840. The van der Waals surface area contributed by atoms with Crippen LogP contribution in [0.5, 0.6) is 0 Å². The van der Waals surface area contributed by atoms with Crippen LogP contribution in [0.4, 0.5) is 5.69 Å². The van der Waals surface area contributed by atoms with Gasteiger partial charge in [-0.3, -0.25) is 0 Å². The van der Waals surface area contributed by atoms with E-state index in [0.29, 0.717) is 0 Å². The van der Waals surface area contributed by atoms with Crippen LogP contribution in [0.2, 0.25) is 0 Å². The van der Waals surface area contributed by atoms with Gasteiger partial charge in [0.25, 0.3) is 0 Å². The van der Waals surface area contributed by atoms with Gasteiger partial charge in [0.05, 0.1) is 40.8 Å². The van der Waals surface area contributed by atoms with Gasteiger partial charge in [0.15, 0.2) is 12.7 Å². The normalized spacial score (nSPS) is 13.8. The molecular weight excluding hydrogens is 741 g/mol.